The summed E-state index contributed by atoms with van der Waals surface area (Å²) in [5, 5.41) is 3.06. The predicted octanol–water partition coefficient (Wildman–Crippen LogP) is 2.57. The van der Waals surface area contributed by atoms with Crippen LogP contribution < -0.4 is 9.47 Å². The number of thiazole rings is 1. The summed E-state index contributed by atoms with van der Waals surface area (Å²) >= 11 is 1.63. The van der Waals surface area contributed by atoms with E-state index in [4.69, 9.17) is 14.5 Å². The van der Waals surface area contributed by atoms with Crippen LogP contribution >= 0.6 is 11.3 Å². The SMILES string of the molecule is COc1cccc(-c2nc(CN3CCN(CC(=O)N4CCCC4)CC3)cs2)c1OC. The van der Waals surface area contributed by atoms with Crippen molar-refractivity contribution in [3.05, 3.63) is 29.3 Å². The van der Waals surface area contributed by atoms with E-state index in [1.54, 1.807) is 25.6 Å². The highest BCUT2D eigenvalue weighted by molar-refractivity contribution is 7.13. The van der Waals surface area contributed by atoms with Gasteiger partial charge in [0.2, 0.25) is 5.91 Å². The molecule has 0 bridgehead atoms. The van der Waals surface area contributed by atoms with E-state index < -0.39 is 0 Å². The number of para-hydroxylation sites is 1. The second kappa shape index (κ2) is 9.76. The normalized spacial score (nSPS) is 18.0. The zero-order valence-electron chi connectivity index (χ0n) is 17.8. The number of amides is 1. The highest BCUT2D eigenvalue weighted by Crippen LogP contribution is 2.39. The largest absolute Gasteiger partial charge is 0.493 e. The Morgan fingerprint density at radius 2 is 1.77 bits per heavy atom. The fourth-order valence-electron chi connectivity index (χ4n) is 4.15. The zero-order chi connectivity index (χ0) is 20.9. The molecule has 1 aromatic heterocycles. The average molecular weight is 431 g/mol. The van der Waals surface area contributed by atoms with Crippen molar-refractivity contribution in [1.82, 2.24) is 19.7 Å². The maximum Gasteiger partial charge on any atom is 0.236 e. The van der Waals surface area contributed by atoms with Gasteiger partial charge in [0, 0.05) is 51.2 Å². The molecule has 4 rings (SSSR count). The zero-order valence-corrected chi connectivity index (χ0v) is 18.6. The number of piperazine rings is 1. The van der Waals surface area contributed by atoms with Gasteiger partial charge >= 0.3 is 0 Å². The Bertz CT molecular complexity index is 858. The van der Waals surface area contributed by atoms with Gasteiger partial charge in [-0.3, -0.25) is 14.6 Å². The van der Waals surface area contributed by atoms with Crippen molar-refractivity contribution in [1.29, 1.82) is 0 Å². The Morgan fingerprint density at radius 3 is 2.47 bits per heavy atom. The van der Waals surface area contributed by atoms with Gasteiger partial charge in [-0.25, -0.2) is 4.98 Å². The lowest BCUT2D eigenvalue weighted by molar-refractivity contribution is -0.131. The Balaban J connectivity index is 1.31. The van der Waals surface area contributed by atoms with Crippen molar-refractivity contribution in [3.8, 4) is 22.1 Å². The summed E-state index contributed by atoms with van der Waals surface area (Å²) in [6, 6.07) is 5.87. The lowest BCUT2D eigenvalue weighted by Gasteiger charge is -2.34. The molecule has 0 spiro atoms. The van der Waals surface area contributed by atoms with E-state index in [1.165, 1.54) is 0 Å². The Morgan fingerprint density at radius 1 is 1.03 bits per heavy atom. The molecular weight excluding hydrogens is 400 g/mol. The summed E-state index contributed by atoms with van der Waals surface area (Å²) in [6.45, 7) is 7.04. The van der Waals surface area contributed by atoms with E-state index in [-0.39, 0.29) is 5.91 Å². The molecule has 0 atom stereocenters. The summed E-state index contributed by atoms with van der Waals surface area (Å²) in [5.74, 6) is 1.72. The second-order valence-electron chi connectivity index (χ2n) is 7.83. The standard InChI is InChI=1S/C22H30N4O3S/c1-28-19-7-5-6-18(21(19)29-2)22-23-17(16-30-22)14-24-10-12-25(13-11-24)15-20(27)26-8-3-4-9-26/h5-7,16H,3-4,8-15H2,1-2H3. The number of likely N-dealkylation sites (tertiary alicyclic amines) is 1. The van der Waals surface area contributed by atoms with Crippen LogP contribution in [0.5, 0.6) is 11.5 Å². The minimum absolute atomic E-state index is 0.289. The van der Waals surface area contributed by atoms with Crippen LogP contribution in [-0.4, -0.2) is 85.6 Å². The monoisotopic (exact) mass is 430 g/mol. The molecule has 2 fully saturated rings. The second-order valence-corrected chi connectivity index (χ2v) is 8.68. The molecule has 30 heavy (non-hydrogen) atoms. The Labute approximate surface area is 182 Å². The van der Waals surface area contributed by atoms with Gasteiger partial charge in [0.15, 0.2) is 11.5 Å². The number of methoxy groups -OCH3 is 2. The molecule has 7 nitrogen and oxygen atoms in total. The lowest BCUT2D eigenvalue weighted by atomic mass is 10.2. The van der Waals surface area contributed by atoms with Crippen molar-refractivity contribution in [3.63, 3.8) is 0 Å². The summed E-state index contributed by atoms with van der Waals surface area (Å²) in [5.41, 5.74) is 2.03. The van der Waals surface area contributed by atoms with Crippen LogP contribution in [-0.2, 0) is 11.3 Å². The Kier molecular flexibility index (Phi) is 6.86. The number of carbonyl (C=O) groups excluding carboxylic acids is 1. The van der Waals surface area contributed by atoms with E-state index >= 15 is 0 Å². The first-order valence-corrected chi connectivity index (χ1v) is 11.4. The van der Waals surface area contributed by atoms with Crippen molar-refractivity contribution >= 4 is 17.2 Å². The molecule has 0 radical (unpaired) electrons. The van der Waals surface area contributed by atoms with Gasteiger partial charge in [-0.05, 0) is 25.0 Å². The van der Waals surface area contributed by atoms with Gasteiger partial charge in [-0.1, -0.05) is 6.07 Å². The molecule has 8 heteroatoms. The van der Waals surface area contributed by atoms with Crippen LogP contribution in [0, 0.1) is 0 Å². The number of carbonyl (C=O) groups is 1. The quantitative estimate of drug-likeness (QED) is 0.673. The Hall–Kier alpha value is -2.16. The van der Waals surface area contributed by atoms with Crippen LogP contribution in [0.1, 0.15) is 18.5 Å². The van der Waals surface area contributed by atoms with Gasteiger partial charge in [0.1, 0.15) is 5.01 Å². The summed E-state index contributed by atoms with van der Waals surface area (Å²) < 4.78 is 11.0. The molecule has 1 amide bonds. The molecule has 2 aromatic rings. The highest BCUT2D eigenvalue weighted by Gasteiger charge is 2.24. The van der Waals surface area contributed by atoms with E-state index in [9.17, 15) is 4.79 Å². The first-order chi connectivity index (χ1) is 14.7. The third-order valence-electron chi connectivity index (χ3n) is 5.85. The van der Waals surface area contributed by atoms with Crippen molar-refractivity contribution in [2.75, 3.05) is 60.0 Å². The van der Waals surface area contributed by atoms with Crippen LogP contribution in [0.3, 0.4) is 0 Å². The maximum atomic E-state index is 12.4. The topological polar surface area (TPSA) is 58.1 Å². The highest BCUT2D eigenvalue weighted by atomic mass is 32.1. The average Bonchev–Trinajstić information content (AvgIpc) is 3.47. The number of rotatable bonds is 7. The molecule has 0 unspecified atom stereocenters. The fourth-order valence-corrected chi connectivity index (χ4v) is 4.98. The molecule has 2 aliphatic heterocycles. The molecule has 0 saturated carbocycles. The molecule has 1 aromatic carbocycles. The minimum Gasteiger partial charge on any atom is -0.493 e. The first kappa shape index (κ1) is 21.1. The molecule has 162 valence electrons. The smallest absolute Gasteiger partial charge is 0.236 e. The van der Waals surface area contributed by atoms with Crippen molar-refractivity contribution in [2.45, 2.75) is 19.4 Å². The number of benzene rings is 1. The summed E-state index contributed by atoms with van der Waals surface area (Å²) in [4.78, 5) is 23.9. The van der Waals surface area contributed by atoms with Gasteiger partial charge in [0.25, 0.3) is 0 Å². The van der Waals surface area contributed by atoms with Crippen molar-refractivity contribution in [2.24, 2.45) is 0 Å². The van der Waals surface area contributed by atoms with E-state index in [0.717, 1.165) is 80.7 Å². The third kappa shape index (κ3) is 4.77. The van der Waals surface area contributed by atoms with Gasteiger partial charge in [0.05, 0.1) is 32.0 Å². The molecule has 0 aliphatic carbocycles. The van der Waals surface area contributed by atoms with E-state index in [2.05, 4.69) is 15.2 Å². The van der Waals surface area contributed by atoms with Crippen LogP contribution in [0.15, 0.2) is 23.6 Å². The molecule has 2 aliphatic rings. The van der Waals surface area contributed by atoms with Gasteiger partial charge in [-0.2, -0.15) is 0 Å². The number of hydrogen-bond acceptors (Lipinski definition) is 7. The molecular formula is C22H30N4O3S. The number of ether oxygens (including phenoxy) is 2. The number of nitrogens with zero attached hydrogens (tertiary/aromatic N) is 4. The van der Waals surface area contributed by atoms with Crippen LogP contribution in [0.2, 0.25) is 0 Å². The predicted molar refractivity (Wildman–Crippen MR) is 118 cm³/mol. The van der Waals surface area contributed by atoms with E-state index in [0.29, 0.717) is 12.3 Å². The number of hydrogen-bond donors (Lipinski definition) is 0. The maximum absolute atomic E-state index is 12.4. The van der Waals surface area contributed by atoms with Crippen LogP contribution in [0.4, 0.5) is 0 Å². The molecule has 0 N–H and O–H groups in total. The molecule has 2 saturated heterocycles. The van der Waals surface area contributed by atoms with Gasteiger partial charge in [-0.15, -0.1) is 11.3 Å². The van der Waals surface area contributed by atoms with E-state index in [1.807, 2.05) is 23.1 Å². The van der Waals surface area contributed by atoms with Gasteiger partial charge < -0.3 is 14.4 Å². The molecule has 3 heterocycles. The first-order valence-electron chi connectivity index (χ1n) is 10.6. The summed E-state index contributed by atoms with van der Waals surface area (Å²) in [6.07, 6.45) is 2.30. The minimum atomic E-state index is 0.289. The van der Waals surface area contributed by atoms with Crippen molar-refractivity contribution < 1.29 is 14.3 Å². The number of aromatic nitrogens is 1. The van der Waals surface area contributed by atoms with Crippen LogP contribution in [0.25, 0.3) is 10.6 Å². The lowest BCUT2D eigenvalue weighted by Crippen LogP contribution is -2.49. The third-order valence-corrected chi connectivity index (χ3v) is 6.78. The fraction of sp³-hybridized carbons (Fsp3) is 0.545. The summed E-state index contributed by atoms with van der Waals surface area (Å²) in [7, 11) is 3.30.